The molecule has 22 heavy (non-hydrogen) atoms. The van der Waals surface area contributed by atoms with Crippen molar-refractivity contribution in [2.45, 2.75) is 62.7 Å². The Morgan fingerprint density at radius 2 is 1.14 bits per heavy atom. The van der Waals surface area contributed by atoms with Gasteiger partial charge in [-0.15, -0.1) is 0 Å². The summed E-state index contributed by atoms with van der Waals surface area (Å²) in [7, 11) is 0. The van der Waals surface area contributed by atoms with Gasteiger partial charge < -0.3 is 0 Å². The zero-order valence-electron chi connectivity index (χ0n) is 10.9. The third-order valence-corrected chi connectivity index (χ3v) is 2.78. The Morgan fingerprint density at radius 3 is 1.41 bits per heavy atom. The Bertz CT molecular complexity index is 306. The summed E-state index contributed by atoms with van der Waals surface area (Å²) in [6.07, 6.45) is -28.4. The minimum absolute atomic E-state index is 0.125. The van der Waals surface area contributed by atoms with Crippen molar-refractivity contribution in [3.8, 4) is 0 Å². The van der Waals surface area contributed by atoms with Gasteiger partial charge in [0.25, 0.3) is 0 Å². The van der Waals surface area contributed by atoms with Crippen LogP contribution in [0.4, 0.5) is 48.3 Å². The van der Waals surface area contributed by atoms with E-state index in [0.717, 1.165) is 0 Å². The monoisotopic (exact) mass is 355 g/mol. The van der Waals surface area contributed by atoms with Crippen LogP contribution >= 0.6 is 0 Å². The third-order valence-electron chi connectivity index (χ3n) is 2.78. The largest absolute Gasteiger partial charge is 0.424 e. The molecule has 12 heteroatoms. The average molecular weight is 355 g/mol. The van der Waals surface area contributed by atoms with Crippen molar-refractivity contribution >= 4 is 0 Å². The van der Waals surface area contributed by atoms with Crippen molar-refractivity contribution in [3.63, 3.8) is 0 Å². The molecule has 2 atom stereocenters. The fourth-order valence-electron chi connectivity index (χ4n) is 1.57. The zero-order valence-corrected chi connectivity index (χ0v) is 10.9. The van der Waals surface area contributed by atoms with E-state index in [-0.39, 0.29) is 18.2 Å². The summed E-state index contributed by atoms with van der Waals surface area (Å²) in [6, 6.07) is 0. The summed E-state index contributed by atoms with van der Waals surface area (Å²) >= 11 is 0. The van der Waals surface area contributed by atoms with Crippen LogP contribution in [0.25, 0.3) is 0 Å². The molecular formula is C10H12F11N. The molecule has 0 aliphatic carbocycles. The number of hydrogen-bond acceptors (Lipinski definition) is 1. The van der Waals surface area contributed by atoms with Crippen LogP contribution < -0.4 is 5.32 Å². The molecule has 0 spiro atoms. The summed E-state index contributed by atoms with van der Waals surface area (Å²) in [5.41, 5.74) is -6.55. The van der Waals surface area contributed by atoms with Gasteiger partial charge in [0.1, 0.15) is 6.17 Å². The summed E-state index contributed by atoms with van der Waals surface area (Å²) in [4.78, 5) is 0. The summed E-state index contributed by atoms with van der Waals surface area (Å²) < 4.78 is 138. The van der Waals surface area contributed by atoms with E-state index >= 15 is 0 Å². The second kappa shape index (κ2) is 6.75. The lowest BCUT2D eigenvalue weighted by molar-refractivity contribution is -0.394. The molecule has 0 aromatic heterocycles. The summed E-state index contributed by atoms with van der Waals surface area (Å²) in [5.74, 6) is 0. The van der Waals surface area contributed by atoms with E-state index in [0.29, 0.717) is 0 Å². The topological polar surface area (TPSA) is 12.0 Å². The van der Waals surface area contributed by atoms with E-state index in [1.165, 1.54) is 6.92 Å². The van der Waals surface area contributed by atoms with Gasteiger partial charge in [-0.05, 0) is 6.42 Å². The van der Waals surface area contributed by atoms with Gasteiger partial charge in [0.05, 0.1) is 0 Å². The highest BCUT2D eigenvalue weighted by atomic mass is 19.4. The minimum Gasteiger partial charge on any atom is -0.256 e. The molecule has 0 radical (unpaired) electrons. The molecular weight excluding hydrogens is 343 g/mol. The Labute approximate surface area is 117 Å². The lowest BCUT2D eigenvalue weighted by atomic mass is 9.96. The van der Waals surface area contributed by atoms with Gasteiger partial charge in [0.2, 0.25) is 0 Å². The molecule has 0 saturated carbocycles. The second-order valence-electron chi connectivity index (χ2n) is 4.45. The molecule has 0 fully saturated rings. The molecule has 0 aromatic carbocycles. The van der Waals surface area contributed by atoms with Crippen LogP contribution in [0.5, 0.6) is 0 Å². The molecule has 0 rings (SSSR count). The van der Waals surface area contributed by atoms with Crippen molar-refractivity contribution in [1.82, 2.24) is 5.32 Å². The summed E-state index contributed by atoms with van der Waals surface area (Å²) in [6.45, 7) is 1.46. The highest BCUT2D eigenvalue weighted by Gasteiger charge is 2.84. The van der Waals surface area contributed by atoms with Crippen LogP contribution in [0.1, 0.15) is 26.2 Å². The number of hydrogen-bond donors (Lipinski definition) is 1. The van der Waals surface area contributed by atoms with Crippen LogP contribution in [0.15, 0.2) is 0 Å². The van der Waals surface area contributed by atoms with Crippen LogP contribution in [0.2, 0.25) is 0 Å². The van der Waals surface area contributed by atoms with Crippen molar-refractivity contribution in [3.05, 3.63) is 0 Å². The fourth-order valence-corrected chi connectivity index (χ4v) is 1.57. The number of alkyl halides is 11. The van der Waals surface area contributed by atoms with Gasteiger partial charge in [-0.1, -0.05) is 19.8 Å². The molecule has 0 amide bonds. The average Bonchev–Trinajstić information content (AvgIpc) is 2.27. The van der Waals surface area contributed by atoms with Crippen LogP contribution in [0, 0.1) is 0 Å². The predicted octanol–water partition coefficient (Wildman–Crippen LogP) is 4.83. The van der Waals surface area contributed by atoms with Gasteiger partial charge in [0, 0.05) is 0 Å². The molecule has 1 N–H and O–H groups in total. The quantitative estimate of drug-likeness (QED) is 0.532. The smallest absolute Gasteiger partial charge is 0.256 e. The van der Waals surface area contributed by atoms with Gasteiger partial charge in [-0.25, -0.2) is 8.78 Å². The number of rotatable bonds is 6. The first-order valence-electron chi connectivity index (χ1n) is 5.87. The van der Waals surface area contributed by atoms with Gasteiger partial charge in [0.15, 0.2) is 6.30 Å². The Kier molecular flexibility index (Phi) is 6.50. The first-order valence-corrected chi connectivity index (χ1v) is 5.87. The van der Waals surface area contributed by atoms with Crippen LogP contribution in [0.3, 0.4) is 0 Å². The number of unbranched alkanes of at least 4 members (excludes halogenated alkanes) is 1. The maximum Gasteiger partial charge on any atom is 0.424 e. The first-order chi connectivity index (χ1) is 9.62. The zero-order chi connectivity index (χ0) is 18.0. The maximum absolute atomic E-state index is 13.2. The maximum atomic E-state index is 13.2. The third kappa shape index (κ3) is 4.13. The van der Waals surface area contributed by atoms with Crippen LogP contribution in [-0.4, -0.2) is 36.5 Å². The SMILES string of the molecule is CCCCC(F)C(F)NC(C(F)(F)F)(C(F)(F)F)C(F)(F)F. The molecule has 134 valence electrons. The van der Waals surface area contributed by atoms with E-state index in [9.17, 15) is 48.3 Å². The normalized spacial score (nSPS) is 17.5. The Balaban J connectivity index is 5.71. The van der Waals surface area contributed by atoms with Crippen molar-refractivity contribution in [2.24, 2.45) is 0 Å². The van der Waals surface area contributed by atoms with E-state index in [4.69, 9.17) is 0 Å². The van der Waals surface area contributed by atoms with Crippen molar-refractivity contribution in [1.29, 1.82) is 0 Å². The summed E-state index contributed by atoms with van der Waals surface area (Å²) in [5, 5.41) is -0.258. The predicted molar refractivity (Wildman–Crippen MR) is 53.3 cm³/mol. The van der Waals surface area contributed by atoms with E-state index < -0.39 is 43.0 Å². The molecule has 0 bridgehead atoms. The molecule has 0 aliphatic rings. The molecule has 2 unspecified atom stereocenters. The highest BCUT2D eigenvalue weighted by Crippen LogP contribution is 2.52. The molecule has 0 heterocycles. The highest BCUT2D eigenvalue weighted by molar-refractivity contribution is 5.08. The lowest BCUT2D eigenvalue weighted by Crippen LogP contribution is -2.76. The molecule has 0 aliphatic heterocycles. The van der Waals surface area contributed by atoms with E-state index in [1.54, 1.807) is 0 Å². The van der Waals surface area contributed by atoms with Gasteiger partial charge in [-0.2, -0.15) is 39.5 Å². The Morgan fingerprint density at radius 1 is 0.773 bits per heavy atom. The van der Waals surface area contributed by atoms with Crippen LogP contribution in [-0.2, 0) is 0 Å². The van der Waals surface area contributed by atoms with E-state index in [2.05, 4.69) is 0 Å². The number of nitrogens with one attached hydrogen (secondary N) is 1. The first kappa shape index (κ1) is 21.2. The van der Waals surface area contributed by atoms with E-state index in [1.807, 2.05) is 0 Å². The Hall–Kier alpha value is -0.810. The van der Waals surface area contributed by atoms with Gasteiger partial charge in [-0.3, -0.25) is 5.32 Å². The molecule has 0 aromatic rings. The van der Waals surface area contributed by atoms with Crippen molar-refractivity contribution < 1.29 is 48.3 Å². The lowest BCUT2D eigenvalue weighted by Gasteiger charge is -2.40. The standard InChI is InChI=1S/C10H12F11N/c1-2-3-4-5(11)6(12)22-7(8(13,14)15,9(16,17)18)10(19,20)21/h5-6,22H,2-4H2,1H3. The van der Waals surface area contributed by atoms with Gasteiger partial charge >= 0.3 is 24.1 Å². The number of halogens is 11. The fraction of sp³-hybridized carbons (Fsp3) is 1.00. The minimum atomic E-state index is -6.97. The molecule has 0 saturated heterocycles. The second-order valence-corrected chi connectivity index (χ2v) is 4.45. The van der Waals surface area contributed by atoms with Crippen molar-refractivity contribution in [2.75, 3.05) is 0 Å². The molecule has 1 nitrogen and oxygen atoms in total.